The quantitative estimate of drug-likeness (QED) is 0.458. The van der Waals surface area contributed by atoms with Crippen LogP contribution in [-0.2, 0) is 6.61 Å². The van der Waals surface area contributed by atoms with Gasteiger partial charge in [-0.15, -0.1) is 0 Å². The minimum Gasteiger partial charge on any atom is -0.488 e. The van der Waals surface area contributed by atoms with Gasteiger partial charge in [-0.2, -0.15) is 9.97 Å². The molecule has 27 heavy (non-hydrogen) atoms. The molecule has 0 radical (unpaired) electrons. The number of hydrogen-bond donors (Lipinski definition) is 0. The van der Waals surface area contributed by atoms with Gasteiger partial charge in [-0.3, -0.25) is 10.1 Å². The zero-order valence-corrected chi connectivity index (χ0v) is 14.8. The molecule has 0 bridgehead atoms. The molecule has 0 spiro atoms. The largest absolute Gasteiger partial charge is 0.488 e. The lowest BCUT2D eigenvalue weighted by molar-refractivity contribution is -0.387. The number of nitrogens with zero attached hydrogens (tertiary/aromatic N) is 3. The number of nitro groups is 1. The Morgan fingerprint density at radius 1 is 1.07 bits per heavy atom. The molecule has 0 amide bonds. The third kappa shape index (κ3) is 4.30. The highest BCUT2D eigenvalue weighted by Gasteiger charge is 2.26. The molecule has 2 aromatic carbocycles. The smallest absolute Gasteiger partial charge is 0.392 e. The van der Waals surface area contributed by atoms with Crippen LogP contribution in [0.1, 0.15) is 11.1 Å². The maximum Gasteiger partial charge on any atom is 0.392 e. The summed E-state index contributed by atoms with van der Waals surface area (Å²) in [6, 6.07) is 14.9. The van der Waals surface area contributed by atoms with Gasteiger partial charge < -0.3 is 14.2 Å². The van der Waals surface area contributed by atoms with Crippen molar-refractivity contribution >= 4 is 5.69 Å². The Morgan fingerprint density at radius 2 is 1.81 bits per heavy atom. The van der Waals surface area contributed by atoms with Gasteiger partial charge in [0.15, 0.2) is 0 Å². The molecular weight excluding hydrogens is 350 g/mol. The van der Waals surface area contributed by atoms with E-state index in [0.29, 0.717) is 18.1 Å². The van der Waals surface area contributed by atoms with Crippen LogP contribution in [0.15, 0.2) is 54.9 Å². The first-order chi connectivity index (χ1) is 13.1. The fourth-order valence-corrected chi connectivity index (χ4v) is 2.37. The first-order valence-corrected chi connectivity index (χ1v) is 8.07. The summed E-state index contributed by atoms with van der Waals surface area (Å²) in [6.07, 6.45) is 1.14. The number of benzene rings is 2. The second kappa shape index (κ2) is 8.13. The van der Waals surface area contributed by atoms with Crippen molar-refractivity contribution in [1.29, 1.82) is 0 Å². The van der Waals surface area contributed by atoms with E-state index in [4.69, 9.17) is 14.2 Å². The summed E-state index contributed by atoms with van der Waals surface area (Å²) in [5.41, 5.74) is 1.50. The maximum absolute atomic E-state index is 11.3. The second-order valence-corrected chi connectivity index (χ2v) is 5.60. The zero-order valence-electron chi connectivity index (χ0n) is 14.8. The average molecular weight is 367 g/mol. The molecular formula is C19H17N3O5. The lowest BCUT2D eigenvalue weighted by atomic mass is 10.2. The van der Waals surface area contributed by atoms with Gasteiger partial charge in [-0.1, -0.05) is 36.4 Å². The molecule has 0 atom stereocenters. The Balaban J connectivity index is 1.83. The molecule has 0 aliphatic carbocycles. The van der Waals surface area contributed by atoms with E-state index in [1.807, 2.05) is 37.3 Å². The summed E-state index contributed by atoms with van der Waals surface area (Å²) in [7, 11) is 1.29. The monoisotopic (exact) mass is 367 g/mol. The van der Waals surface area contributed by atoms with Gasteiger partial charge in [0, 0.05) is 6.07 Å². The van der Waals surface area contributed by atoms with E-state index in [1.54, 1.807) is 18.2 Å². The van der Waals surface area contributed by atoms with E-state index in [2.05, 4.69) is 9.97 Å². The fourth-order valence-electron chi connectivity index (χ4n) is 2.37. The van der Waals surface area contributed by atoms with Gasteiger partial charge in [-0.05, 0) is 24.1 Å². The van der Waals surface area contributed by atoms with E-state index >= 15 is 0 Å². The molecule has 8 nitrogen and oxygen atoms in total. The van der Waals surface area contributed by atoms with Gasteiger partial charge in [0.25, 0.3) is 0 Å². The highest BCUT2D eigenvalue weighted by Crippen LogP contribution is 2.36. The standard InChI is InChI=1S/C19H17N3O5/c1-13-8-9-15(10-16(13)26-11-14-6-4-3-5-7-14)27-19-17(22(23)24)18(25-2)20-12-21-19/h3-10,12H,11H2,1-2H3. The zero-order chi connectivity index (χ0) is 19.2. The summed E-state index contributed by atoms with van der Waals surface area (Å²) in [5, 5.41) is 11.3. The van der Waals surface area contributed by atoms with Crippen LogP contribution in [0.25, 0.3) is 0 Å². The number of hydrogen-bond acceptors (Lipinski definition) is 7. The highest BCUT2D eigenvalue weighted by molar-refractivity contribution is 5.51. The number of ether oxygens (including phenoxy) is 3. The van der Waals surface area contributed by atoms with Crippen LogP contribution in [0, 0.1) is 17.0 Å². The SMILES string of the molecule is COc1ncnc(Oc2ccc(C)c(OCc3ccccc3)c2)c1[N+](=O)[O-]. The van der Waals surface area contributed by atoms with Crippen molar-refractivity contribution in [3.05, 3.63) is 76.1 Å². The fraction of sp³-hybridized carbons (Fsp3) is 0.158. The van der Waals surface area contributed by atoms with Crippen molar-refractivity contribution < 1.29 is 19.1 Å². The summed E-state index contributed by atoms with van der Waals surface area (Å²) < 4.78 is 16.4. The van der Waals surface area contributed by atoms with Crippen molar-refractivity contribution in [3.8, 4) is 23.3 Å². The first-order valence-electron chi connectivity index (χ1n) is 8.07. The minimum atomic E-state index is -0.644. The van der Waals surface area contributed by atoms with Crippen molar-refractivity contribution in [2.24, 2.45) is 0 Å². The van der Waals surface area contributed by atoms with Crippen molar-refractivity contribution in [2.75, 3.05) is 7.11 Å². The van der Waals surface area contributed by atoms with Crippen LogP contribution in [0.4, 0.5) is 5.69 Å². The van der Waals surface area contributed by atoms with E-state index in [9.17, 15) is 10.1 Å². The molecule has 0 N–H and O–H groups in total. The predicted molar refractivity (Wildman–Crippen MR) is 97.3 cm³/mol. The molecule has 0 unspecified atom stereocenters. The lowest BCUT2D eigenvalue weighted by Gasteiger charge is -2.12. The lowest BCUT2D eigenvalue weighted by Crippen LogP contribution is -2.01. The molecule has 1 aromatic heterocycles. The molecule has 3 aromatic rings. The Labute approximate surface area is 155 Å². The van der Waals surface area contributed by atoms with Crippen LogP contribution < -0.4 is 14.2 Å². The van der Waals surface area contributed by atoms with Crippen LogP contribution in [0.5, 0.6) is 23.3 Å². The molecule has 0 fully saturated rings. The highest BCUT2D eigenvalue weighted by atomic mass is 16.6. The van der Waals surface area contributed by atoms with E-state index < -0.39 is 10.6 Å². The Kier molecular flexibility index (Phi) is 5.46. The van der Waals surface area contributed by atoms with E-state index in [0.717, 1.165) is 17.5 Å². The molecule has 138 valence electrons. The van der Waals surface area contributed by atoms with Crippen molar-refractivity contribution in [2.45, 2.75) is 13.5 Å². The molecule has 0 saturated carbocycles. The molecule has 0 aliphatic rings. The van der Waals surface area contributed by atoms with E-state index in [1.165, 1.54) is 7.11 Å². The topological polar surface area (TPSA) is 96.6 Å². The molecule has 0 saturated heterocycles. The number of aromatic nitrogens is 2. The Bertz CT molecular complexity index is 947. The Hall–Kier alpha value is -3.68. The molecule has 1 heterocycles. The van der Waals surface area contributed by atoms with Gasteiger partial charge in [0.2, 0.25) is 0 Å². The van der Waals surface area contributed by atoms with Crippen molar-refractivity contribution in [1.82, 2.24) is 9.97 Å². The average Bonchev–Trinajstić information content (AvgIpc) is 2.68. The minimum absolute atomic E-state index is 0.169. The summed E-state index contributed by atoms with van der Waals surface area (Å²) in [5.74, 6) is 0.593. The van der Waals surface area contributed by atoms with Crippen molar-refractivity contribution in [3.63, 3.8) is 0 Å². The van der Waals surface area contributed by atoms with Crippen LogP contribution in [0.3, 0.4) is 0 Å². The second-order valence-electron chi connectivity index (χ2n) is 5.60. The normalized spacial score (nSPS) is 10.3. The first kappa shape index (κ1) is 18.1. The molecule has 3 rings (SSSR count). The number of rotatable bonds is 7. The maximum atomic E-state index is 11.3. The van der Waals surface area contributed by atoms with E-state index in [-0.39, 0.29) is 11.8 Å². The summed E-state index contributed by atoms with van der Waals surface area (Å²) >= 11 is 0. The van der Waals surface area contributed by atoms with Gasteiger partial charge in [0.05, 0.1) is 12.0 Å². The van der Waals surface area contributed by atoms with Crippen LogP contribution in [-0.4, -0.2) is 22.0 Å². The van der Waals surface area contributed by atoms with Crippen LogP contribution >= 0.6 is 0 Å². The van der Waals surface area contributed by atoms with Crippen LogP contribution in [0.2, 0.25) is 0 Å². The van der Waals surface area contributed by atoms with Gasteiger partial charge in [0.1, 0.15) is 24.4 Å². The predicted octanol–water partition coefficient (Wildman–Crippen LogP) is 4.07. The molecule has 8 heteroatoms. The number of aryl methyl sites for hydroxylation is 1. The molecule has 0 aliphatic heterocycles. The number of methoxy groups -OCH3 is 1. The Morgan fingerprint density at radius 3 is 2.52 bits per heavy atom. The van der Waals surface area contributed by atoms with Gasteiger partial charge in [-0.25, -0.2) is 0 Å². The third-order valence-corrected chi connectivity index (χ3v) is 3.74. The summed E-state index contributed by atoms with van der Waals surface area (Å²) in [4.78, 5) is 18.3. The van der Waals surface area contributed by atoms with Gasteiger partial charge >= 0.3 is 17.4 Å². The third-order valence-electron chi connectivity index (χ3n) is 3.74. The summed E-state index contributed by atoms with van der Waals surface area (Å²) in [6.45, 7) is 2.30.